The molecule has 0 aliphatic carbocycles. The van der Waals surface area contributed by atoms with Crippen molar-refractivity contribution < 1.29 is 4.21 Å². The molecule has 0 amide bonds. The Morgan fingerprint density at radius 2 is 2.14 bits per heavy atom. The summed E-state index contributed by atoms with van der Waals surface area (Å²) in [5.41, 5.74) is 1.12. The van der Waals surface area contributed by atoms with Gasteiger partial charge < -0.3 is 10.2 Å². The third-order valence-corrected chi connectivity index (χ3v) is 4.57. The van der Waals surface area contributed by atoms with Crippen molar-refractivity contribution in [3.8, 4) is 0 Å². The number of nitrogens with zero attached hydrogens (tertiary/aromatic N) is 2. The Morgan fingerprint density at radius 3 is 2.77 bits per heavy atom. The van der Waals surface area contributed by atoms with Crippen molar-refractivity contribution in [1.82, 2.24) is 10.2 Å². The third-order valence-electron chi connectivity index (χ3n) is 3.26. The standard InChI is InChI=1S/C17H27N3OS/c1-4-5-9-13-20(3)17(18-2)19-12-14-22(21)15-16-10-7-6-8-11-16/h4,6-8,10-11H,1,5,9,12-15H2,2-3H3,(H,18,19). The molecule has 22 heavy (non-hydrogen) atoms. The topological polar surface area (TPSA) is 44.7 Å². The molecule has 0 bridgehead atoms. The summed E-state index contributed by atoms with van der Waals surface area (Å²) in [4.78, 5) is 6.34. The first-order chi connectivity index (χ1) is 10.7. The van der Waals surface area contributed by atoms with Crippen LogP contribution in [0.25, 0.3) is 0 Å². The number of aliphatic imine (C=N–C) groups is 1. The first-order valence-corrected chi connectivity index (χ1v) is 9.07. The van der Waals surface area contributed by atoms with Crippen molar-refractivity contribution in [2.24, 2.45) is 4.99 Å². The number of rotatable bonds is 9. The van der Waals surface area contributed by atoms with Gasteiger partial charge in [-0.1, -0.05) is 36.4 Å². The second kappa shape index (κ2) is 11.0. The molecule has 0 spiro atoms. The van der Waals surface area contributed by atoms with Gasteiger partial charge in [-0.05, 0) is 18.4 Å². The van der Waals surface area contributed by atoms with E-state index in [4.69, 9.17) is 0 Å². The fourth-order valence-corrected chi connectivity index (χ4v) is 3.11. The van der Waals surface area contributed by atoms with Crippen LogP contribution in [0.15, 0.2) is 48.0 Å². The molecule has 0 heterocycles. The molecule has 0 saturated carbocycles. The van der Waals surface area contributed by atoms with Gasteiger partial charge in [0.05, 0.1) is 0 Å². The lowest BCUT2D eigenvalue weighted by Gasteiger charge is -2.21. The van der Waals surface area contributed by atoms with E-state index in [0.717, 1.165) is 30.9 Å². The summed E-state index contributed by atoms with van der Waals surface area (Å²) < 4.78 is 12.1. The number of unbranched alkanes of at least 4 members (excludes halogenated alkanes) is 1. The fraction of sp³-hybridized carbons (Fsp3) is 0.471. The molecular weight excluding hydrogens is 294 g/mol. The largest absolute Gasteiger partial charge is 0.355 e. The average molecular weight is 321 g/mol. The molecule has 0 saturated heterocycles. The van der Waals surface area contributed by atoms with Crippen molar-refractivity contribution in [3.05, 3.63) is 48.6 Å². The lowest BCUT2D eigenvalue weighted by molar-refractivity contribution is 0.472. The van der Waals surface area contributed by atoms with E-state index >= 15 is 0 Å². The summed E-state index contributed by atoms with van der Waals surface area (Å²) in [5.74, 6) is 2.07. The Bertz CT molecular complexity index is 488. The lowest BCUT2D eigenvalue weighted by Crippen LogP contribution is -2.40. The van der Waals surface area contributed by atoms with Crippen molar-refractivity contribution in [2.45, 2.75) is 18.6 Å². The van der Waals surface area contributed by atoms with Crippen molar-refractivity contribution >= 4 is 16.8 Å². The summed E-state index contributed by atoms with van der Waals surface area (Å²) >= 11 is 0. The monoisotopic (exact) mass is 321 g/mol. The van der Waals surface area contributed by atoms with Gasteiger partial charge in [-0.15, -0.1) is 6.58 Å². The summed E-state index contributed by atoms with van der Waals surface area (Å²) in [7, 11) is 2.93. The predicted molar refractivity (Wildman–Crippen MR) is 96.6 cm³/mol. The molecule has 4 nitrogen and oxygen atoms in total. The maximum atomic E-state index is 12.1. The number of hydrogen-bond acceptors (Lipinski definition) is 2. The van der Waals surface area contributed by atoms with Gasteiger partial charge in [0.2, 0.25) is 0 Å². The van der Waals surface area contributed by atoms with Gasteiger partial charge in [-0.25, -0.2) is 0 Å². The highest BCUT2D eigenvalue weighted by Gasteiger charge is 2.06. The Hall–Kier alpha value is -1.62. The maximum Gasteiger partial charge on any atom is 0.193 e. The van der Waals surface area contributed by atoms with E-state index < -0.39 is 10.8 Å². The molecule has 0 aromatic heterocycles. The zero-order valence-corrected chi connectivity index (χ0v) is 14.4. The predicted octanol–water partition coefficient (Wildman–Crippen LogP) is 2.41. The van der Waals surface area contributed by atoms with Crippen LogP contribution >= 0.6 is 0 Å². The molecule has 1 rings (SSSR count). The highest BCUT2D eigenvalue weighted by Crippen LogP contribution is 2.02. The number of allylic oxidation sites excluding steroid dienone is 1. The Labute approximate surface area is 136 Å². The SMILES string of the molecule is C=CCCCN(C)C(=NC)NCCS(=O)Cc1ccccc1. The molecule has 1 aromatic rings. The molecule has 5 heteroatoms. The second-order valence-corrected chi connectivity index (χ2v) is 6.68. The van der Waals surface area contributed by atoms with E-state index in [2.05, 4.69) is 21.8 Å². The molecule has 1 aromatic carbocycles. The van der Waals surface area contributed by atoms with Crippen LogP contribution in [0.1, 0.15) is 18.4 Å². The average Bonchev–Trinajstić information content (AvgIpc) is 2.52. The van der Waals surface area contributed by atoms with Gasteiger partial charge in [-0.3, -0.25) is 9.20 Å². The minimum Gasteiger partial charge on any atom is -0.355 e. The molecule has 0 aliphatic heterocycles. The first kappa shape index (κ1) is 18.4. The van der Waals surface area contributed by atoms with Gasteiger partial charge >= 0.3 is 0 Å². The van der Waals surface area contributed by atoms with E-state index in [-0.39, 0.29) is 0 Å². The van der Waals surface area contributed by atoms with Crippen LogP contribution in [0.5, 0.6) is 0 Å². The Balaban J connectivity index is 2.28. The third kappa shape index (κ3) is 7.41. The quantitative estimate of drug-likeness (QED) is 0.329. The molecule has 0 fully saturated rings. The van der Waals surface area contributed by atoms with Crippen LogP contribution in [0, 0.1) is 0 Å². The molecule has 1 unspecified atom stereocenters. The normalized spacial score (nSPS) is 12.7. The van der Waals surface area contributed by atoms with Crippen LogP contribution in [0.4, 0.5) is 0 Å². The van der Waals surface area contributed by atoms with E-state index in [0.29, 0.717) is 18.1 Å². The van der Waals surface area contributed by atoms with E-state index in [9.17, 15) is 4.21 Å². The fourth-order valence-electron chi connectivity index (χ4n) is 2.07. The minimum atomic E-state index is -0.859. The van der Waals surface area contributed by atoms with Gasteiger partial charge in [0, 0.05) is 49.5 Å². The zero-order chi connectivity index (χ0) is 16.2. The first-order valence-electron chi connectivity index (χ1n) is 7.59. The van der Waals surface area contributed by atoms with E-state index in [1.165, 1.54) is 0 Å². The van der Waals surface area contributed by atoms with Crippen LogP contribution in [-0.2, 0) is 16.6 Å². The summed E-state index contributed by atoms with van der Waals surface area (Å²) in [6.45, 7) is 5.32. The van der Waals surface area contributed by atoms with Gasteiger partial charge in [0.15, 0.2) is 5.96 Å². The number of guanidine groups is 1. The van der Waals surface area contributed by atoms with E-state index in [1.807, 2.05) is 43.5 Å². The minimum absolute atomic E-state index is 0.607. The second-order valence-electron chi connectivity index (χ2n) is 5.10. The van der Waals surface area contributed by atoms with Crippen molar-refractivity contribution in [2.75, 3.05) is 32.9 Å². The molecule has 0 radical (unpaired) electrons. The van der Waals surface area contributed by atoms with Gasteiger partial charge in [-0.2, -0.15) is 0 Å². The van der Waals surface area contributed by atoms with Gasteiger partial charge in [0.1, 0.15) is 0 Å². The summed E-state index contributed by atoms with van der Waals surface area (Å²) in [6, 6.07) is 9.95. The molecule has 1 N–H and O–H groups in total. The Morgan fingerprint density at radius 1 is 1.41 bits per heavy atom. The summed E-state index contributed by atoms with van der Waals surface area (Å²) in [5, 5.41) is 3.27. The highest BCUT2D eigenvalue weighted by molar-refractivity contribution is 7.84. The number of nitrogens with one attached hydrogen (secondary N) is 1. The van der Waals surface area contributed by atoms with Gasteiger partial charge in [0.25, 0.3) is 0 Å². The molecule has 122 valence electrons. The zero-order valence-electron chi connectivity index (χ0n) is 13.6. The highest BCUT2D eigenvalue weighted by atomic mass is 32.2. The van der Waals surface area contributed by atoms with Crippen LogP contribution < -0.4 is 5.32 Å². The molecule has 0 aliphatic rings. The molecule has 1 atom stereocenters. The number of benzene rings is 1. The van der Waals surface area contributed by atoms with Crippen LogP contribution in [-0.4, -0.2) is 48.0 Å². The van der Waals surface area contributed by atoms with Crippen LogP contribution in [0.2, 0.25) is 0 Å². The number of hydrogen-bond donors (Lipinski definition) is 1. The van der Waals surface area contributed by atoms with Crippen LogP contribution in [0.3, 0.4) is 0 Å². The smallest absolute Gasteiger partial charge is 0.193 e. The molecular formula is C17H27N3OS. The summed E-state index contributed by atoms with van der Waals surface area (Å²) in [6.07, 6.45) is 3.99. The van der Waals surface area contributed by atoms with Crippen molar-refractivity contribution in [1.29, 1.82) is 0 Å². The Kier molecular flexibility index (Phi) is 9.23. The maximum absolute atomic E-state index is 12.1. The van der Waals surface area contributed by atoms with E-state index in [1.54, 1.807) is 7.05 Å². The van der Waals surface area contributed by atoms with Crippen molar-refractivity contribution in [3.63, 3.8) is 0 Å². The lowest BCUT2D eigenvalue weighted by atomic mass is 10.2.